The summed E-state index contributed by atoms with van der Waals surface area (Å²) in [4.78, 5) is 30.5. The van der Waals surface area contributed by atoms with Crippen molar-refractivity contribution in [3.05, 3.63) is 74.4 Å². The molecule has 3 aromatic rings. The Morgan fingerprint density at radius 1 is 1.09 bits per heavy atom. The van der Waals surface area contributed by atoms with Crippen LogP contribution in [0.1, 0.15) is 21.6 Å². The molecule has 0 bridgehead atoms. The summed E-state index contributed by atoms with van der Waals surface area (Å²) in [7, 11) is 2.03. The van der Waals surface area contributed by atoms with Crippen LogP contribution in [-0.2, 0) is 13.0 Å². The Morgan fingerprint density at radius 3 is 2.53 bits per heavy atom. The van der Waals surface area contributed by atoms with Crippen LogP contribution in [0.25, 0.3) is 11.3 Å². The average molecular weight is 482 g/mol. The first-order valence-corrected chi connectivity index (χ1v) is 11.5. The first-order chi connectivity index (χ1) is 16.4. The Balaban J connectivity index is 1.36. The second-order valence-electron chi connectivity index (χ2n) is 8.67. The van der Waals surface area contributed by atoms with E-state index in [1.54, 1.807) is 29.2 Å². The van der Waals surface area contributed by atoms with E-state index in [1.165, 1.54) is 6.07 Å². The summed E-state index contributed by atoms with van der Waals surface area (Å²) in [6.45, 7) is 3.86. The van der Waals surface area contributed by atoms with Gasteiger partial charge in [0, 0.05) is 60.5 Å². The number of piperazine rings is 1. The molecular weight excluding hydrogens is 458 g/mol. The Kier molecular flexibility index (Phi) is 5.97. The molecule has 1 fully saturated rings. The molecule has 10 heteroatoms. The molecule has 176 valence electrons. The fourth-order valence-corrected chi connectivity index (χ4v) is 4.66. The molecule has 9 nitrogen and oxygen atoms in total. The lowest BCUT2D eigenvalue weighted by Crippen LogP contribution is -2.44. The molecule has 1 amide bonds. The number of nitro groups is 1. The van der Waals surface area contributed by atoms with Crippen LogP contribution in [-0.4, -0.2) is 65.6 Å². The highest BCUT2D eigenvalue weighted by molar-refractivity contribution is 6.30. The zero-order valence-electron chi connectivity index (χ0n) is 18.7. The third-order valence-corrected chi connectivity index (χ3v) is 6.75. The molecule has 2 aromatic carbocycles. The molecule has 3 heterocycles. The van der Waals surface area contributed by atoms with Crippen LogP contribution in [0.4, 0.5) is 11.4 Å². The number of hydrogen-bond acceptors (Lipinski definition) is 7. The zero-order valence-corrected chi connectivity index (χ0v) is 19.5. The van der Waals surface area contributed by atoms with Gasteiger partial charge in [0.05, 0.1) is 11.5 Å². The van der Waals surface area contributed by atoms with Crippen LogP contribution in [0.5, 0.6) is 0 Å². The number of rotatable bonds is 4. The molecule has 5 rings (SSSR count). The van der Waals surface area contributed by atoms with Crippen LogP contribution < -0.4 is 4.90 Å². The summed E-state index contributed by atoms with van der Waals surface area (Å²) >= 11 is 5.98. The Bertz CT molecular complexity index is 1230. The molecule has 2 aliphatic heterocycles. The van der Waals surface area contributed by atoms with E-state index in [-0.39, 0.29) is 11.6 Å². The van der Waals surface area contributed by atoms with Gasteiger partial charge in [-0.15, -0.1) is 0 Å². The predicted octanol–water partition coefficient (Wildman–Crippen LogP) is 3.85. The molecule has 0 saturated carbocycles. The zero-order chi connectivity index (χ0) is 23.8. The summed E-state index contributed by atoms with van der Waals surface area (Å²) in [5.41, 5.74) is 3.37. The number of nitro benzene ring substituents is 1. The molecule has 34 heavy (non-hydrogen) atoms. The van der Waals surface area contributed by atoms with E-state index in [4.69, 9.17) is 16.1 Å². The van der Waals surface area contributed by atoms with Crippen molar-refractivity contribution in [2.75, 3.05) is 44.7 Å². The first kappa shape index (κ1) is 22.4. The topological polar surface area (TPSA) is 96.0 Å². The maximum atomic E-state index is 13.2. The van der Waals surface area contributed by atoms with E-state index in [0.717, 1.165) is 24.2 Å². The van der Waals surface area contributed by atoms with E-state index in [2.05, 4.69) is 10.1 Å². The van der Waals surface area contributed by atoms with Gasteiger partial charge in [-0.05, 0) is 49.9 Å². The van der Waals surface area contributed by atoms with Crippen molar-refractivity contribution in [1.29, 1.82) is 0 Å². The summed E-state index contributed by atoms with van der Waals surface area (Å²) in [6.07, 6.45) is 0.587. The van der Waals surface area contributed by atoms with Crippen LogP contribution in [0, 0.1) is 10.1 Å². The van der Waals surface area contributed by atoms with E-state index in [9.17, 15) is 14.9 Å². The first-order valence-electron chi connectivity index (χ1n) is 11.2. The van der Waals surface area contributed by atoms with Gasteiger partial charge in [0.2, 0.25) is 0 Å². The molecule has 0 spiro atoms. The van der Waals surface area contributed by atoms with Gasteiger partial charge in [-0.2, -0.15) is 0 Å². The molecule has 0 atom stereocenters. The molecule has 2 aliphatic rings. The summed E-state index contributed by atoms with van der Waals surface area (Å²) in [6, 6.07) is 12.1. The monoisotopic (exact) mass is 481 g/mol. The maximum absolute atomic E-state index is 13.2. The fraction of sp³-hybridized carbons (Fsp3) is 0.333. The number of amides is 1. The lowest BCUT2D eigenvalue weighted by molar-refractivity contribution is -0.384. The van der Waals surface area contributed by atoms with Crippen molar-refractivity contribution >= 4 is 28.9 Å². The van der Waals surface area contributed by atoms with Crippen molar-refractivity contribution in [2.45, 2.75) is 13.0 Å². The van der Waals surface area contributed by atoms with E-state index in [1.807, 2.05) is 24.1 Å². The average Bonchev–Trinajstić information content (AvgIpc) is 3.27. The number of halogens is 1. The van der Waals surface area contributed by atoms with Gasteiger partial charge in [-0.3, -0.25) is 14.9 Å². The van der Waals surface area contributed by atoms with Crippen LogP contribution in [0.15, 0.2) is 47.0 Å². The lowest BCUT2D eigenvalue weighted by Gasteiger charge is -2.33. The van der Waals surface area contributed by atoms with Crippen molar-refractivity contribution in [2.24, 2.45) is 0 Å². The SMILES string of the molecule is CN1CCN(c2ccc(C(=O)N3CCc4c(noc4-c4ccc(Cl)cc4)C3)cc2[N+](=O)[O-])CC1. The minimum absolute atomic E-state index is 0.0421. The van der Waals surface area contributed by atoms with Crippen molar-refractivity contribution in [3.8, 4) is 11.3 Å². The summed E-state index contributed by atoms with van der Waals surface area (Å²) < 4.78 is 5.59. The lowest BCUT2D eigenvalue weighted by atomic mass is 10.00. The van der Waals surface area contributed by atoms with Gasteiger partial charge < -0.3 is 19.2 Å². The van der Waals surface area contributed by atoms with Gasteiger partial charge in [0.25, 0.3) is 11.6 Å². The molecule has 1 aromatic heterocycles. The Labute approximate surface area is 201 Å². The minimum atomic E-state index is -0.408. The van der Waals surface area contributed by atoms with Crippen LogP contribution in [0.2, 0.25) is 5.02 Å². The quantitative estimate of drug-likeness (QED) is 0.412. The van der Waals surface area contributed by atoms with Crippen LogP contribution >= 0.6 is 11.6 Å². The van der Waals surface area contributed by atoms with Gasteiger partial charge in [0.1, 0.15) is 11.4 Å². The highest BCUT2D eigenvalue weighted by Gasteiger charge is 2.30. The number of benzene rings is 2. The number of nitrogens with zero attached hydrogens (tertiary/aromatic N) is 5. The summed E-state index contributed by atoms with van der Waals surface area (Å²) in [5.74, 6) is 0.431. The summed E-state index contributed by atoms with van der Waals surface area (Å²) in [5, 5.41) is 16.6. The highest BCUT2D eigenvalue weighted by atomic mass is 35.5. The predicted molar refractivity (Wildman–Crippen MR) is 128 cm³/mol. The standard InChI is InChI=1S/C24H24ClN5O4/c1-27-10-12-28(13-11-27)21-7-4-17(14-22(21)30(32)33)24(31)29-9-8-19-20(15-29)26-34-23(19)16-2-5-18(25)6-3-16/h2-7,14H,8-13,15H2,1H3. The van der Waals surface area contributed by atoms with Crippen molar-refractivity contribution in [3.63, 3.8) is 0 Å². The highest BCUT2D eigenvalue weighted by Crippen LogP contribution is 2.33. The molecular formula is C24H24ClN5O4. The van der Waals surface area contributed by atoms with E-state index >= 15 is 0 Å². The maximum Gasteiger partial charge on any atom is 0.293 e. The normalized spacial score (nSPS) is 16.4. The third kappa shape index (κ3) is 4.24. The second kappa shape index (κ2) is 9.08. The number of carbonyl (C=O) groups is 1. The van der Waals surface area contributed by atoms with E-state index < -0.39 is 4.92 Å². The molecule has 1 saturated heterocycles. The number of anilines is 1. The van der Waals surface area contributed by atoms with Crippen molar-refractivity contribution < 1.29 is 14.2 Å². The van der Waals surface area contributed by atoms with Gasteiger partial charge in [-0.1, -0.05) is 16.8 Å². The molecule has 0 aliphatic carbocycles. The van der Waals surface area contributed by atoms with Crippen molar-refractivity contribution in [1.82, 2.24) is 15.0 Å². The van der Waals surface area contributed by atoms with Gasteiger partial charge in [-0.25, -0.2) is 0 Å². The van der Waals surface area contributed by atoms with Gasteiger partial charge in [0.15, 0.2) is 5.76 Å². The number of likely N-dealkylation sites (N-methyl/N-ethyl adjacent to an activating group) is 1. The molecule has 0 unspecified atom stereocenters. The number of hydrogen-bond donors (Lipinski definition) is 0. The second-order valence-corrected chi connectivity index (χ2v) is 9.11. The van der Waals surface area contributed by atoms with Crippen LogP contribution in [0.3, 0.4) is 0 Å². The van der Waals surface area contributed by atoms with E-state index in [0.29, 0.717) is 60.3 Å². The Hall–Kier alpha value is -3.43. The third-order valence-electron chi connectivity index (χ3n) is 6.50. The molecule has 0 N–H and O–H groups in total. The number of aromatic nitrogens is 1. The molecule has 0 radical (unpaired) electrons. The van der Waals surface area contributed by atoms with Gasteiger partial charge >= 0.3 is 0 Å². The smallest absolute Gasteiger partial charge is 0.293 e. The number of carbonyl (C=O) groups excluding carboxylic acids is 1. The largest absolute Gasteiger partial charge is 0.363 e. The number of fused-ring (bicyclic) bond motifs is 1. The minimum Gasteiger partial charge on any atom is -0.363 e. The Morgan fingerprint density at radius 2 is 1.82 bits per heavy atom. The fourth-order valence-electron chi connectivity index (χ4n) is 4.53.